The Bertz CT molecular complexity index is 667. The van der Waals surface area contributed by atoms with E-state index in [4.69, 9.17) is 5.73 Å². The third kappa shape index (κ3) is 1.80. The second-order valence-electron chi connectivity index (χ2n) is 4.14. The lowest BCUT2D eigenvalue weighted by Crippen LogP contribution is -1.87. The topological polar surface area (TPSA) is 54.7 Å². The number of H-pyrrole nitrogens is 1. The molecule has 3 rings (SSSR count). The van der Waals surface area contributed by atoms with Gasteiger partial charge in [-0.05, 0) is 24.6 Å². The van der Waals surface area contributed by atoms with Gasteiger partial charge in [-0.15, -0.1) is 11.3 Å². The molecule has 0 bridgehead atoms. The molecule has 0 aliphatic carbocycles. The number of aromatic nitrogens is 2. The molecule has 3 nitrogen and oxygen atoms in total. The molecule has 0 aliphatic heterocycles. The second kappa shape index (κ2) is 4.31. The van der Waals surface area contributed by atoms with Gasteiger partial charge in [0.05, 0.1) is 16.1 Å². The third-order valence-electron chi connectivity index (χ3n) is 2.84. The van der Waals surface area contributed by atoms with E-state index in [1.807, 2.05) is 30.3 Å². The van der Waals surface area contributed by atoms with E-state index in [0.29, 0.717) is 5.82 Å². The van der Waals surface area contributed by atoms with E-state index in [0.717, 1.165) is 21.7 Å². The number of nitrogens with zero attached hydrogens (tertiary/aromatic N) is 1. The minimum atomic E-state index is 0.544. The average Bonchev–Trinajstić information content (AvgIpc) is 2.96. The lowest BCUT2D eigenvalue weighted by Gasteiger charge is -2.02. The summed E-state index contributed by atoms with van der Waals surface area (Å²) in [5.41, 5.74) is 9.05. The molecule has 3 N–H and O–H groups in total. The molecule has 0 fully saturated rings. The molecule has 0 amide bonds. The number of thiophene rings is 1. The SMILES string of the molecule is Cc1ccc(-c2[nH]nc(N)c2-c2ccccc2)s1. The van der Waals surface area contributed by atoms with Crippen LogP contribution in [0.25, 0.3) is 21.7 Å². The maximum absolute atomic E-state index is 5.98. The maximum atomic E-state index is 5.98. The first kappa shape index (κ1) is 11.0. The fourth-order valence-corrected chi connectivity index (χ4v) is 2.87. The van der Waals surface area contributed by atoms with Crippen LogP contribution in [0, 0.1) is 6.92 Å². The number of nitrogen functional groups attached to an aromatic ring is 1. The minimum absolute atomic E-state index is 0.544. The third-order valence-corrected chi connectivity index (χ3v) is 3.86. The van der Waals surface area contributed by atoms with Gasteiger partial charge in [-0.3, -0.25) is 5.10 Å². The largest absolute Gasteiger partial charge is 0.382 e. The van der Waals surface area contributed by atoms with Gasteiger partial charge in [0, 0.05) is 4.88 Å². The predicted molar refractivity (Wildman–Crippen MR) is 76.5 cm³/mol. The molecule has 90 valence electrons. The number of nitrogens with one attached hydrogen (secondary N) is 1. The number of aromatic amines is 1. The number of anilines is 1. The van der Waals surface area contributed by atoms with Crippen molar-refractivity contribution in [2.45, 2.75) is 6.92 Å². The van der Waals surface area contributed by atoms with E-state index >= 15 is 0 Å². The summed E-state index contributed by atoms with van der Waals surface area (Å²) in [7, 11) is 0. The Morgan fingerprint density at radius 3 is 2.56 bits per heavy atom. The van der Waals surface area contributed by atoms with Gasteiger partial charge < -0.3 is 5.73 Å². The zero-order chi connectivity index (χ0) is 12.5. The molecule has 1 aromatic carbocycles. The number of nitrogens with two attached hydrogens (primary N) is 1. The summed E-state index contributed by atoms with van der Waals surface area (Å²) < 4.78 is 0. The van der Waals surface area contributed by atoms with Crippen molar-refractivity contribution in [1.29, 1.82) is 0 Å². The number of aryl methyl sites for hydroxylation is 1. The monoisotopic (exact) mass is 255 g/mol. The molecule has 0 unspecified atom stereocenters. The minimum Gasteiger partial charge on any atom is -0.382 e. The molecule has 4 heteroatoms. The highest BCUT2D eigenvalue weighted by atomic mass is 32.1. The van der Waals surface area contributed by atoms with Gasteiger partial charge in [0.1, 0.15) is 0 Å². The van der Waals surface area contributed by atoms with Gasteiger partial charge in [0.25, 0.3) is 0 Å². The van der Waals surface area contributed by atoms with Crippen molar-refractivity contribution >= 4 is 17.2 Å². The standard InChI is InChI=1S/C14H13N3S/c1-9-7-8-11(18-9)13-12(14(15)17-16-13)10-5-3-2-4-6-10/h2-8H,1H3,(H3,15,16,17). The summed E-state index contributed by atoms with van der Waals surface area (Å²) >= 11 is 1.74. The van der Waals surface area contributed by atoms with Crippen LogP contribution < -0.4 is 5.73 Å². The molecule has 3 aromatic rings. The van der Waals surface area contributed by atoms with Crippen LogP contribution in [0.15, 0.2) is 42.5 Å². The maximum Gasteiger partial charge on any atom is 0.153 e. The van der Waals surface area contributed by atoms with Crippen molar-refractivity contribution in [1.82, 2.24) is 10.2 Å². The highest BCUT2D eigenvalue weighted by Crippen LogP contribution is 2.37. The Balaban J connectivity index is 2.18. The zero-order valence-electron chi connectivity index (χ0n) is 9.97. The molecule has 0 atom stereocenters. The van der Waals surface area contributed by atoms with Crippen LogP contribution in [-0.4, -0.2) is 10.2 Å². The summed E-state index contributed by atoms with van der Waals surface area (Å²) in [6.07, 6.45) is 0. The van der Waals surface area contributed by atoms with Gasteiger partial charge in [-0.1, -0.05) is 30.3 Å². The highest BCUT2D eigenvalue weighted by Gasteiger charge is 2.15. The Morgan fingerprint density at radius 1 is 1.11 bits per heavy atom. The Hall–Kier alpha value is -2.07. The summed E-state index contributed by atoms with van der Waals surface area (Å²) in [5.74, 6) is 0.544. The second-order valence-corrected chi connectivity index (χ2v) is 5.42. The van der Waals surface area contributed by atoms with Gasteiger partial charge in [-0.2, -0.15) is 5.10 Å². The molecule has 0 radical (unpaired) electrons. The fourth-order valence-electron chi connectivity index (χ4n) is 2.00. The summed E-state index contributed by atoms with van der Waals surface area (Å²) in [5, 5.41) is 7.18. The van der Waals surface area contributed by atoms with Gasteiger partial charge in [0.15, 0.2) is 5.82 Å². The Labute approximate surface area is 109 Å². The molecule has 18 heavy (non-hydrogen) atoms. The van der Waals surface area contributed by atoms with Crippen LogP contribution in [0.5, 0.6) is 0 Å². The zero-order valence-corrected chi connectivity index (χ0v) is 10.8. The van der Waals surface area contributed by atoms with Gasteiger partial charge >= 0.3 is 0 Å². The molecule has 0 aliphatic rings. The van der Waals surface area contributed by atoms with Crippen LogP contribution >= 0.6 is 11.3 Å². The van der Waals surface area contributed by atoms with E-state index < -0.39 is 0 Å². The summed E-state index contributed by atoms with van der Waals surface area (Å²) in [6.45, 7) is 2.09. The van der Waals surface area contributed by atoms with Gasteiger partial charge in [0.2, 0.25) is 0 Å². The van der Waals surface area contributed by atoms with Crippen LogP contribution in [-0.2, 0) is 0 Å². The van der Waals surface area contributed by atoms with E-state index in [2.05, 4.69) is 29.3 Å². The Kier molecular flexibility index (Phi) is 2.64. The van der Waals surface area contributed by atoms with Crippen molar-refractivity contribution in [3.63, 3.8) is 0 Å². The van der Waals surface area contributed by atoms with E-state index in [-0.39, 0.29) is 0 Å². The first-order valence-corrected chi connectivity index (χ1v) is 6.53. The lowest BCUT2D eigenvalue weighted by molar-refractivity contribution is 1.11. The van der Waals surface area contributed by atoms with Crippen molar-refractivity contribution in [3.8, 4) is 21.7 Å². The van der Waals surface area contributed by atoms with Crippen molar-refractivity contribution in [2.75, 3.05) is 5.73 Å². The number of benzene rings is 1. The van der Waals surface area contributed by atoms with Crippen molar-refractivity contribution < 1.29 is 0 Å². The Morgan fingerprint density at radius 2 is 1.89 bits per heavy atom. The summed E-state index contributed by atoms with van der Waals surface area (Å²) in [4.78, 5) is 2.44. The van der Waals surface area contributed by atoms with Crippen molar-refractivity contribution in [2.24, 2.45) is 0 Å². The molecule has 2 aromatic heterocycles. The average molecular weight is 255 g/mol. The molecular formula is C14H13N3S. The molecular weight excluding hydrogens is 242 g/mol. The van der Waals surface area contributed by atoms with E-state index in [1.54, 1.807) is 11.3 Å². The van der Waals surface area contributed by atoms with Crippen LogP contribution in [0.3, 0.4) is 0 Å². The lowest BCUT2D eigenvalue weighted by atomic mass is 10.0. The predicted octanol–water partition coefficient (Wildman–Crippen LogP) is 3.70. The number of hydrogen-bond acceptors (Lipinski definition) is 3. The first-order chi connectivity index (χ1) is 8.75. The van der Waals surface area contributed by atoms with Crippen LogP contribution in [0.2, 0.25) is 0 Å². The van der Waals surface area contributed by atoms with E-state index in [1.165, 1.54) is 4.88 Å². The summed E-state index contributed by atoms with van der Waals surface area (Å²) in [6, 6.07) is 14.3. The quantitative estimate of drug-likeness (QED) is 0.733. The van der Waals surface area contributed by atoms with Crippen LogP contribution in [0.1, 0.15) is 4.88 Å². The number of hydrogen-bond donors (Lipinski definition) is 2. The first-order valence-electron chi connectivity index (χ1n) is 5.72. The van der Waals surface area contributed by atoms with E-state index in [9.17, 15) is 0 Å². The molecule has 0 saturated carbocycles. The molecule has 0 spiro atoms. The van der Waals surface area contributed by atoms with Gasteiger partial charge in [-0.25, -0.2) is 0 Å². The fraction of sp³-hybridized carbons (Fsp3) is 0.0714. The number of rotatable bonds is 2. The molecule has 2 heterocycles. The highest BCUT2D eigenvalue weighted by molar-refractivity contribution is 7.15. The van der Waals surface area contributed by atoms with Crippen LogP contribution in [0.4, 0.5) is 5.82 Å². The van der Waals surface area contributed by atoms with Crippen molar-refractivity contribution in [3.05, 3.63) is 47.3 Å². The smallest absolute Gasteiger partial charge is 0.153 e. The molecule has 0 saturated heterocycles. The normalized spacial score (nSPS) is 10.7.